The van der Waals surface area contributed by atoms with Crippen molar-refractivity contribution in [2.45, 2.75) is 47.1 Å². The highest BCUT2D eigenvalue weighted by Crippen LogP contribution is 2.15. The third-order valence-electron chi connectivity index (χ3n) is 3.06. The van der Waals surface area contributed by atoms with Crippen LogP contribution in [0.1, 0.15) is 39.7 Å². The second-order valence-electron chi connectivity index (χ2n) is 5.90. The first-order valence-electron chi connectivity index (χ1n) is 8.41. The number of benzene rings is 1. The summed E-state index contributed by atoms with van der Waals surface area (Å²) >= 11 is 3.05. The highest BCUT2D eigenvalue weighted by Gasteiger charge is 2.24. The minimum atomic E-state index is -0.199. The molecule has 0 aliphatic carbocycles. The Morgan fingerprint density at radius 2 is 1.84 bits per heavy atom. The summed E-state index contributed by atoms with van der Waals surface area (Å²) in [6, 6.07) is 5.05. The molecule has 1 unspecified atom stereocenters. The summed E-state index contributed by atoms with van der Waals surface area (Å²) in [6.07, 6.45) is 1.25. The average molecular weight is 417 g/mol. The molecular formula is C19H30BrFN2O2. The van der Waals surface area contributed by atoms with Crippen molar-refractivity contribution in [3.05, 3.63) is 34.1 Å². The predicted molar refractivity (Wildman–Crippen MR) is 107 cm³/mol. The fourth-order valence-electron chi connectivity index (χ4n) is 1.83. The van der Waals surface area contributed by atoms with Gasteiger partial charge in [0.15, 0.2) is 0 Å². The smallest absolute Gasteiger partial charge is 0.209 e. The van der Waals surface area contributed by atoms with Crippen LogP contribution in [0.3, 0.4) is 0 Å². The molecule has 1 aromatic rings. The summed E-state index contributed by atoms with van der Waals surface area (Å²) in [5.74, 6) is 1.56. The fraction of sp³-hybridized carbons (Fsp3) is 0.579. The molecule has 1 aliphatic rings. The largest absolute Gasteiger partial charge is 0.483 e. The number of aliphatic imine (C=N–C) groups is 2. The van der Waals surface area contributed by atoms with Crippen LogP contribution in [0.15, 0.2) is 32.7 Å². The van der Waals surface area contributed by atoms with Gasteiger partial charge in [-0.25, -0.2) is 14.4 Å². The SMILES string of the molecule is CCC.COC1=NC(C(C)C)C(OC)=NC1.Cc1ccc(Br)c(F)c1. The maximum Gasteiger partial charge on any atom is 0.209 e. The maximum absolute atomic E-state index is 12.5. The van der Waals surface area contributed by atoms with Crippen LogP contribution in [-0.2, 0) is 9.47 Å². The molecule has 142 valence electrons. The van der Waals surface area contributed by atoms with Crippen LogP contribution < -0.4 is 0 Å². The first kappa shape index (κ1) is 23.6. The van der Waals surface area contributed by atoms with Crippen molar-refractivity contribution in [1.29, 1.82) is 0 Å². The molecule has 0 amide bonds. The summed E-state index contributed by atoms with van der Waals surface area (Å²) in [6.45, 7) is 10.8. The Labute approximate surface area is 159 Å². The molecular weight excluding hydrogens is 387 g/mol. The van der Waals surface area contributed by atoms with Crippen LogP contribution in [0.25, 0.3) is 0 Å². The van der Waals surface area contributed by atoms with Gasteiger partial charge in [0.2, 0.25) is 11.8 Å². The van der Waals surface area contributed by atoms with Crippen molar-refractivity contribution in [3.8, 4) is 0 Å². The first-order chi connectivity index (χ1) is 11.8. The maximum atomic E-state index is 12.5. The summed E-state index contributed by atoms with van der Waals surface area (Å²) in [5, 5.41) is 0. The monoisotopic (exact) mass is 416 g/mol. The van der Waals surface area contributed by atoms with Crippen molar-refractivity contribution in [2.75, 3.05) is 20.8 Å². The van der Waals surface area contributed by atoms with Crippen molar-refractivity contribution >= 4 is 27.7 Å². The van der Waals surface area contributed by atoms with Gasteiger partial charge < -0.3 is 9.47 Å². The molecule has 1 aromatic carbocycles. The number of ether oxygens (including phenoxy) is 2. The number of hydrogen-bond donors (Lipinski definition) is 0. The lowest BCUT2D eigenvalue weighted by molar-refractivity contribution is 0.344. The molecule has 0 aromatic heterocycles. The molecule has 6 heteroatoms. The Morgan fingerprint density at radius 3 is 2.24 bits per heavy atom. The van der Waals surface area contributed by atoms with Gasteiger partial charge in [-0.2, -0.15) is 0 Å². The van der Waals surface area contributed by atoms with Crippen LogP contribution in [0.2, 0.25) is 0 Å². The number of aryl methyl sites for hydroxylation is 1. The second kappa shape index (κ2) is 12.9. The lowest BCUT2D eigenvalue weighted by Crippen LogP contribution is -2.32. The zero-order chi connectivity index (χ0) is 19.4. The molecule has 1 atom stereocenters. The van der Waals surface area contributed by atoms with Gasteiger partial charge in [-0.1, -0.05) is 40.2 Å². The molecule has 0 radical (unpaired) electrons. The fourth-order valence-corrected chi connectivity index (χ4v) is 2.07. The van der Waals surface area contributed by atoms with Gasteiger partial charge >= 0.3 is 0 Å². The highest BCUT2D eigenvalue weighted by molar-refractivity contribution is 9.10. The van der Waals surface area contributed by atoms with E-state index in [2.05, 4.69) is 53.6 Å². The molecule has 0 N–H and O–H groups in total. The number of rotatable bonds is 1. The molecule has 25 heavy (non-hydrogen) atoms. The lowest BCUT2D eigenvalue weighted by Gasteiger charge is -2.22. The van der Waals surface area contributed by atoms with E-state index in [4.69, 9.17) is 9.47 Å². The zero-order valence-corrected chi connectivity index (χ0v) is 17.9. The van der Waals surface area contributed by atoms with Crippen molar-refractivity contribution in [2.24, 2.45) is 15.9 Å². The normalized spacial score (nSPS) is 15.8. The Bertz CT molecular complexity index is 575. The van der Waals surface area contributed by atoms with E-state index in [1.54, 1.807) is 20.3 Å². The molecule has 1 aliphatic heterocycles. The summed E-state index contributed by atoms with van der Waals surface area (Å²) < 4.78 is 23.3. The number of hydrogen-bond acceptors (Lipinski definition) is 4. The molecule has 0 saturated carbocycles. The van der Waals surface area contributed by atoms with Crippen molar-refractivity contribution < 1.29 is 13.9 Å². The molecule has 0 bridgehead atoms. The predicted octanol–water partition coefficient (Wildman–Crippen LogP) is 5.43. The quantitative estimate of drug-likeness (QED) is 0.612. The van der Waals surface area contributed by atoms with Gasteiger partial charge in [-0.3, -0.25) is 0 Å². The van der Waals surface area contributed by atoms with Gasteiger partial charge in [0.05, 0.1) is 18.7 Å². The number of methoxy groups -OCH3 is 2. The lowest BCUT2D eigenvalue weighted by atomic mass is 10.0. The van der Waals surface area contributed by atoms with E-state index in [1.165, 1.54) is 12.5 Å². The van der Waals surface area contributed by atoms with E-state index in [-0.39, 0.29) is 11.9 Å². The summed E-state index contributed by atoms with van der Waals surface area (Å²) in [7, 11) is 3.24. The van der Waals surface area contributed by atoms with Gasteiger partial charge in [-0.05, 0) is 46.5 Å². The van der Waals surface area contributed by atoms with Crippen LogP contribution in [0.4, 0.5) is 4.39 Å². The van der Waals surface area contributed by atoms with E-state index < -0.39 is 0 Å². The Kier molecular flexibility index (Phi) is 12.1. The van der Waals surface area contributed by atoms with Gasteiger partial charge in [-0.15, -0.1) is 0 Å². The second-order valence-corrected chi connectivity index (χ2v) is 6.75. The Hall–Kier alpha value is -1.43. The average Bonchev–Trinajstić information content (AvgIpc) is 2.59. The van der Waals surface area contributed by atoms with Crippen molar-refractivity contribution in [1.82, 2.24) is 0 Å². The van der Waals surface area contributed by atoms with Crippen LogP contribution in [0, 0.1) is 18.7 Å². The minimum Gasteiger partial charge on any atom is -0.483 e. The van der Waals surface area contributed by atoms with Gasteiger partial charge in [0.25, 0.3) is 0 Å². The molecule has 1 heterocycles. The minimum absolute atomic E-state index is 0.00806. The van der Waals surface area contributed by atoms with Gasteiger partial charge in [0, 0.05) is 0 Å². The van der Waals surface area contributed by atoms with E-state index in [0.29, 0.717) is 28.7 Å². The highest BCUT2D eigenvalue weighted by atomic mass is 79.9. The van der Waals surface area contributed by atoms with E-state index in [0.717, 1.165) is 5.56 Å². The molecule has 0 saturated heterocycles. The molecule has 0 fully saturated rings. The Balaban J connectivity index is 0.000000417. The van der Waals surface area contributed by atoms with E-state index >= 15 is 0 Å². The number of halogens is 2. The van der Waals surface area contributed by atoms with Crippen LogP contribution in [-0.4, -0.2) is 38.6 Å². The van der Waals surface area contributed by atoms with Gasteiger partial charge in [0.1, 0.15) is 18.4 Å². The topological polar surface area (TPSA) is 43.2 Å². The third-order valence-corrected chi connectivity index (χ3v) is 3.70. The van der Waals surface area contributed by atoms with Crippen molar-refractivity contribution in [3.63, 3.8) is 0 Å². The van der Waals surface area contributed by atoms with E-state index in [9.17, 15) is 4.39 Å². The molecule has 4 nitrogen and oxygen atoms in total. The summed E-state index contributed by atoms with van der Waals surface area (Å²) in [5.41, 5.74) is 0.940. The number of nitrogens with zero attached hydrogens (tertiary/aromatic N) is 2. The van der Waals surface area contributed by atoms with Crippen LogP contribution >= 0.6 is 15.9 Å². The zero-order valence-electron chi connectivity index (χ0n) is 16.3. The standard InChI is InChI=1S/C9H16N2O2.C7H6BrF.C3H8/c1-6(2)8-9(13-4)10-5-7(11-8)12-3;1-5-2-3-6(8)7(9)4-5;1-3-2/h6,8H,5H2,1-4H3;2-4H,1H3;3H2,1-2H3. The third kappa shape index (κ3) is 9.00. The molecule has 0 spiro atoms. The summed E-state index contributed by atoms with van der Waals surface area (Å²) in [4.78, 5) is 8.63. The first-order valence-corrected chi connectivity index (χ1v) is 9.20. The van der Waals surface area contributed by atoms with E-state index in [1.807, 2.05) is 13.0 Å². The molecule has 2 rings (SSSR count). The van der Waals surface area contributed by atoms with Crippen LogP contribution in [0.5, 0.6) is 0 Å². The Morgan fingerprint density at radius 1 is 1.24 bits per heavy atom.